The topological polar surface area (TPSA) is 65.3 Å². The van der Waals surface area contributed by atoms with Crippen molar-refractivity contribution in [3.8, 4) is 0 Å². The molecule has 0 bridgehead atoms. The van der Waals surface area contributed by atoms with E-state index in [0.29, 0.717) is 12.1 Å². The molecule has 86 valence electrons. The van der Waals surface area contributed by atoms with E-state index in [2.05, 4.69) is 5.10 Å². The molecule has 5 nitrogen and oxygen atoms in total. The lowest BCUT2D eigenvalue weighted by Gasteiger charge is -2.04. The fourth-order valence-electron chi connectivity index (χ4n) is 1.75. The first-order valence-corrected chi connectivity index (χ1v) is 5.48. The first kappa shape index (κ1) is 10.9. The van der Waals surface area contributed by atoms with E-state index in [1.54, 1.807) is 15.3 Å². The Morgan fingerprint density at radius 2 is 2.19 bits per heavy atom. The quantitative estimate of drug-likeness (QED) is 0.765. The zero-order valence-electron chi connectivity index (χ0n) is 9.39. The van der Waals surface area contributed by atoms with Gasteiger partial charge in [0.1, 0.15) is 5.52 Å². The van der Waals surface area contributed by atoms with Gasteiger partial charge in [-0.2, -0.15) is 5.10 Å². The largest absolute Gasteiger partial charge is 0.330 e. The summed E-state index contributed by atoms with van der Waals surface area (Å²) < 4.78 is 3.34. The molecule has 2 aromatic heterocycles. The van der Waals surface area contributed by atoms with Crippen molar-refractivity contribution < 1.29 is 0 Å². The van der Waals surface area contributed by atoms with E-state index < -0.39 is 0 Å². The third kappa shape index (κ3) is 1.99. The van der Waals surface area contributed by atoms with Gasteiger partial charge in [-0.15, -0.1) is 0 Å². The van der Waals surface area contributed by atoms with Gasteiger partial charge in [0.15, 0.2) is 0 Å². The van der Waals surface area contributed by atoms with E-state index in [0.717, 1.165) is 25.1 Å². The number of hydrogen-bond acceptors (Lipinski definition) is 3. The highest BCUT2D eigenvalue weighted by Crippen LogP contribution is 2.00. The van der Waals surface area contributed by atoms with Crippen LogP contribution < -0.4 is 11.3 Å². The Bertz CT molecular complexity index is 540. The summed E-state index contributed by atoms with van der Waals surface area (Å²) in [6, 6.07) is 1.81. The van der Waals surface area contributed by atoms with Gasteiger partial charge in [0.25, 0.3) is 5.56 Å². The Kier molecular flexibility index (Phi) is 3.05. The van der Waals surface area contributed by atoms with Crippen LogP contribution in [-0.2, 0) is 6.54 Å². The number of aromatic nitrogens is 3. The highest BCUT2D eigenvalue weighted by molar-refractivity contribution is 5.44. The highest BCUT2D eigenvalue weighted by Gasteiger charge is 2.04. The number of fused-ring (bicyclic) bond motifs is 1. The average molecular weight is 220 g/mol. The second-order valence-corrected chi connectivity index (χ2v) is 3.91. The minimum atomic E-state index is 0.0140. The van der Waals surface area contributed by atoms with Crippen LogP contribution in [0.5, 0.6) is 0 Å². The molecule has 2 heterocycles. The maximum absolute atomic E-state index is 12.0. The lowest BCUT2D eigenvalue weighted by atomic mass is 10.3. The minimum Gasteiger partial charge on any atom is -0.330 e. The third-order valence-corrected chi connectivity index (χ3v) is 2.58. The van der Waals surface area contributed by atoms with E-state index in [4.69, 9.17) is 5.73 Å². The van der Waals surface area contributed by atoms with Crippen molar-refractivity contribution >= 4 is 5.52 Å². The van der Waals surface area contributed by atoms with Crippen LogP contribution in [0.25, 0.3) is 5.52 Å². The second-order valence-electron chi connectivity index (χ2n) is 3.91. The molecule has 0 radical (unpaired) electrons. The molecule has 0 spiro atoms. The summed E-state index contributed by atoms with van der Waals surface area (Å²) in [6.07, 6.45) is 5.46. The van der Waals surface area contributed by atoms with Crippen LogP contribution in [-0.4, -0.2) is 20.7 Å². The van der Waals surface area contributed by atoms with Crippen LogP contribution in [0, 0.1) is 6.92 Å². The molecule has 0 amide bonds. The molecule has 2 N–H and O–H groups in total. The first-order valence-electron chi connectivity index (χ1n) is 5.48. The maximum atomic E-state index is 12.0. The number of unbranched alkanes of at least 4 members (excludes halogenated alkanes) is 1. The molecule has 0 aromatic carbocycles. The van der Waals surface area contributed by atoms with E-state index in [9.17, 15) is 4.79 Å². The van der Waals surface area contributed by atoms with Crippen LogP contribution in [0.15, 0.2) is 23.3 Å². The van der Waals surface area contributed by atoms with Crippen molar-refractivity contribution in [2.45, 2.75) is 26.3 Å². The molecule has 5 heteroatoms. The van der Waals surface area contributed by atoms with Crippen LogP contribution in [0.4, 0.5) is 0 Å². The Morgan fingerprint density at radius 1 is 1.38 bits per heavy atom. The summed E-state index contributed by atoms with van der Waals surface area (Å²) in [5.41, 5.74) is 6.93. The van der Waals surface area contributed by atoms with Crippen molar-refractivity contribution in [2.75, 3.05) is 6.54 Å². The van der Waals surface area contributed by atoms with Gasteiger partial charge < -0.3 is 10.3 Å². The summed E-state index contributed by atoms with van der Waals surface area (Å²) in [6.45, 7) is 3.27. The highest BCUT2D eigenvalue weighted by atomic mass is 16.1. The normalized spacial score (nSPS) is 11.1. The Balaban J connectivity index is 2.33. The smallest absolute Gasteiger partial charge is 0.276 e. The SMILES string of the molecule is Cc1cc2c(=O)n(CCCCN)ccn2n1. The van der Waals surface area contributed by atoms with Gasteiger partial charge in [-0.25, -0.2) is 4.52 Å². The van der Waals surface area contributed by atoms with Crippen molar-refractivity contribution in [1.29, 1.82) is 0 Å². The summed E-state index contributed by atoms with van der Waals surface area (Å²) in [5.74, 6) is 0. The average Bonchev–Trinajstić information content (AvgIpc) is 2.64. The van der Waals surface area contributed by atoms with Crippen molar-refractivity contribution in [1.82, 2.24) is 14.2 Å². The van der Waals surface area contributed by atoms with Gasteiger partial charge >= 0.3 is 0 Å². The molecule has 0 fully saturated rings. The predicted octanol–water partition coefficient (Wildman–Crippen LogP) is 0.543. The molecule has 0 atom stereocenters. The molecular weight excluding hydrogens is 204 g/mol. The number of nitrogens with zero attached hydrogens (tertiary/aromatic N) is 3. The zero-order chi connectivity index (χ0) is 11.5. The van der Waals surface area contributed by atoms with Crippen molar-refractivity contribution in [3.63, 3.8) is 0 Å². The van der Waals surface area contributed by atoms with Crippen molar-refractivity contribution in [2.24, 2.45) is 5.73 Å². The molecule has 0 saturated carbocycles. The van der Waals surface area contributed by atoms with E-state index >= 15 is 0 Å². The lowest BCUT2D eigenvalue weighted by Crippen LogP contribution is -2.21. The molecule has 0 unspecified atom stereocenters. The van der Waals surface area contributed by atoms with Gasteiger partial charge in [-0.1, -0.05) is 0 Å². The molecule has 0 aliphatic heterocycles. The van der Waals surface area contributed by atoms with Gasteiger partial charge in [-0.05, 0) is 32.4 Å². The molecule has 0 saturated heterocycles. The summed E-state index contributed by atoms with van der Waals surface area (Å²) in [7, 11) is 0. The van der Waals surface area contributed by atoms with E-state index in [-0.39, 0.29) is 5.56 Å². The third-order valence-electron chi connectivity index (χ3n) is 2.58. The summed E-state index contributed by atoms with van der Waals surface area (Å²) in [5, 5.41) is 4.19. The number of nitrogens with two attached hydrogens (primary N) is 1. The molecule has 0 aliphatic carbocycles. The summed E-state index contributed by atoms with van der Waals surface area (Å²) in [4.78, 5) is 12.0. The molecular formula is C11H16N4O. The number of aryl methyl sites for hydroxylation is 2. The van der Waals surface area contributed by atoms with Crippen LogP contribution >= 0.6 is 0 Å². The fraction of sp³-hybridized carbons (Fsp3) is 0.455. The van der Waals surface area contributed by atoms with E-state index in [1.165, 1.54) is 0 Å². The lowest BCUT2D eigenvalue weighted by molar-refractivity contribution is 0.595. The number of hydrogen-bond donors (Lipinski definition) is 1. The molecule has 2 aromatic rings. The maximum Gasteiger partial charge on any atom is 0.276 e. The monoisotopic (exact) mass is 220 g/mol. The molecule has 2 rings (SSSR count). The van der Waals surface area contributed by atoms with Crippen LogP contribution in [0.3, 0.4) is 0 Å². The molecule has 0 aliphatic rings. The first-order chi connectivity index (χ1) is 7.72. The van der Waals surface area contributed by atoms with Crippen molar-refractivity contribution in [3.05, 3.63) is 34.5 Å². The van der Waals surface area contributed by atoms with Crippen LogP contribution in [0.2, 0.25) is 0 Å². The second kappa shape index (κ2) is 4.49. The fourth-order valence-corrected chi connectivity index (χ4v) is 1.75. The Hall–Kier alpha value is -1.62. The Labute approximate surface area is 93.5 Å². The standard InChI is InChI=1S/C11H16N4O/c1-9-8-10-11(16)14(5-3-2-4-12)6-7-15(10)13-9/h6-8H,2-5,12H2,1H3. The van der Waals surface area contributed by atoms with Gasteiger partial charge in [0.2, 0.25) is 0 Å². The van der Waals surface area contributed by atoms with Gasteiger partial charge in [0.05, 0.1) is 5.69 Å². The van der Waals surface area contributed by atoms with E-state index in [1.807, 2.05) is 19.2 Å². The van der Waals surface area contributed by atoms with Crippen LogP contribution in [0.1, 0.15) is 18.5 Å². The number of rotatable bonds is 4. The minimum absolute atomic E-state index is 0.0140. The summed E-state index contributed by atoms with van der Waals surface area (Å²) >= 11 is 0. The van der Waals surface area contributed by atoms with Gasteiger partial charge in [-0.3, -0.25) is 4.79 Å². The zero-order valence-corrected chi connectivity index (χ0v) is 9.39. The van der Waals surface area contributed by atoms with Gasteiger partial charge in [0, 0.05) is 18.9 Å². The Morgan fingerprint density at radius 3 is 2.94 bits per heavy atom. The molecule has 16 heavy (non-hydrogen) atoms. The predicted molar refractivity (Wildman–Crippen MR) is 62.5 cm³/mol.